The number of alkyl halides is 7. The van der Waals surface area contributed by atoms with E-state index in [0.717, 1.165) is 32.3 Å². The molecule has 198 valence electrons. The number of benzene rings is 1. The van der Waals surface area contributed by atoms with Crippen LogP contribution in [0.2, 0.25) is 0 Å². The summed E-state index contributed by atoms with van der Waals surface area (Å²) >= 11 is 0. The van der Waals surface area contributed by atoms with Crippen molar-refractivity contribution in [2.24, 2.45) is 10.7 Å². The lowest BCUT2D eigenvalue weighted by molar-refractivity contribution is -0.266. The van der Waals surface area contributed by atoms with Crippen molar-refractivity contribution in [3.63, 3.8) is 0 Å². The van der Waals surface area contributed by atoms with Crippen LogP contribution in [0, 0.1) is 11.3 Å². The van der Waals surface area contributed by atoms with Gasteiger partial charge in [-0.15, -0.1) is 0 Å². The standard InChI is InChI=1S/C22H19F7N6O2/c1-32-18(16(37-20(23)24)17(31)21(25,26)22(27,28)29)35-10-13(9-33-35)11-3-4-12(8-30)15(7-11)19(36)34(2)14-5-6-14/h3-4,7,9-10,14,20H,5-6,31H2,1-2H3. The van der Waals surface area contributed by atoms with Gasteiger partial charge in [0.2, 0.25) is 0 Å². The van der Waals surface area contributed by atoms with Crippen molar-refractivity contribution < 1.29 is 40.3 Å². The fraction of sp³-hybridized carbons (Fsp3) is 0.364. The molecule has 0 atom stereocenters. The van der Waals surface area contributed by atoms with Crippen LogP contribution in [0.3, 0.4) is 0 Å². The maximum atomic E-state index is 13.8. The molecule has 0 bridgehead atoms. The molecular formula is C22H19F7N6O2. The molecule has 2 aromatic rings. The number of rotatable bonds is 7. The topological polar surface area (TPSA) is 110 Å². The molecule has 0 radical (unpaired) electrons. The molecule has 1 saturated carbocycles. The summed E-state index contributed by atoms with van der Waals surface area (Å²) in [7, 11) is 2.50. The quantitative estimate of drug-likeness (QED) is 0.250. The van der Waals surface area contributed by atoms with Crippen LogP contribution in [0.5, 0.6) is 0 Å². The number of nitrogens with two attached hydrogens (primary N) is 1. The Hall–Kier alpha value is -4.09. The Morgan fingerprint density at radius 1 is 1.27 bits per heavy atom. The largest absolute Gasteiger partial charge is 0.459 e. The molecule has 3 rings (SSSR count). The molecule has 0 saturated heterocycles. The zero-order valence-electron chi connectivity index (χ0n) is 19.2. The van der Waals surface area contributed by atoms with Crippen molar-refractivity contribution in [2.45, 2.75) is 37.6 Å². The van der Waals surface area contributed by atoms with Crippen molar-refractivity contribution >= 4 is 11.7 Å². The minimum Gasteiger partial charge on any atom is -0.429 e. The molecule has 2 N–H and O–H groups in total. The number of aromatic nitrogens is 2. The number of nitriles is 1. The van der Waals surface area contributed by atoms with Gasteiger partial charge in [-0.05, 0) is 30.5 Å². The zero-order chi connectivity index (χ0) is 27.7. The second-order valence-corrected chi connectivity index (χ2v) is 7.93. The number of hydrogen-bond donors (Lipinski definition) is 1. The molecule has 1 heterocycles. The van der Waals surface area contributed by atoms with Crippen LogP contribution < -0.4 is 5.73 Å². The molecule has 0 unspecified atom stereocenters. The van der Waals surface area contributed by atoms with Gasteiger partial charge in [-0.25, -0.2) is 4.68 Å². The van der Waals surface area contributed by atoms with E-state index in [1.54, 1.807) is 7.05 Å². The van der Waals surface area contributed by atoms with Crippen LogP contribution in [-0.2, 0) is 4.74 Å². The van der Waals surface area contributed by atoms with E-state index in [9.17, 15) is 40.8 Å². The molecular weight excluding hydrogens is 513 g/mol. The molecule has 15 heteroatoms. The first-order chi connectivity index (χ1) is 17.2. The lowest BCUT2D eigenvalue weighted by Crippen LogP contribution is -2.43. The first-order valence-electron chi connectivity index (χ1n) is 10.5. The van der Waals surface area contributed by atoms with Crippen LogP contribution in [0.4, 0.5) is 30.7 Å². The number of hydrogen-bond acceptors (Lipinski definition) is 6. The Morgan fingerprint density at radius 2 is 1.92 bits per heavy atom. The summed E-state index contributed by atoms with van der Waals surface area (Å²) in [6.45, 7) is -3.82. The summed E-state index contributed by atoms with van der Waals surface area (Å²) in [4.78, 5) is 17.8. The lowest BCUT2D eigenvalue weighted by Gasteiger charge is -2.23. The van der Waals surface area contributed by atoms with Gasteiger partial charge in [-0.2, -0.15) is 41.1 Å². The number of amides is 1. The fourth-order valence-corrected chi connectivity index (χ4v) is 3.33. The molecule has 8 nitrogen and oxygen atoms in total. The van der Waals surface area contributed by atoms with E-state index in [1.807, 2.05) is 6.07 Å². The summed E-state index contributed by atoms with van der Waals surface area (Å²) in [5, 5.41) is 13.2. The number of carbonyl (C=O) groups excluding carboxylic acids is 1. The number of allylic oxidation sites excluding steroid dienone is 2. The lowest BCUT2D eigenvalue weighted by atomic mass is 10.0. The van der Waals surface area contributed by atoms with Gasteiger partial charge in [0.15, 0.2) is 11.6 Å². The number of halogens is 7. The molecule has 1 aliphatic carbocycles. The summed E-state index contributed by atoms with van der Waals surface area (Å²) in [5.41, 5.74) is 3.27. The van der Waals surface area contributed by atoms with Crippen molar-refractivity contribution in [3.05, 3.63) is 53.2 Å². The Balaban J connectivity index is 2.05. The van der Waals surface area contributed by atoms with Crippen molar-refractivity contribution in [1.29, 1.82) is 5.26 Å². The molecule has 0 spiro atoms. The highest BCUT2D eigenvalue weighted by molar-refractivity contribution is 5.99. The van der Waals surface area contributed by atoms with Gasteiger partial charge in [-0.1, -0.05) is 6.07 Å². The first kappa shape index (κ1) is 27.5. The normalized spacial score (nSPS) is 15.3. The minimum atomic E-state index is -6.21. The SMILES string of the molecule is CN=C(C(OC(F)F)=C(N)C(F)(F)C(F)(F)F)n1cc(-c2ccc(C#N)c(C(=O)N(C)C3CC3)c2)cn1. The number of ether oxygens (including phenoxy) is 1. The van der Waals surface area contributed by atoms with E-state index in [4.69, 9.17) is 5.73 Å². The Labute approximate surface area is 205 Å². The van der Waals surface area contributed by atoms with Gasteiger partial charge in [0.25, 0.3) is 5.91 Å². The molecule has 0 aliphatic heterocycles. The van der Waals surface area contributed by atoms with E-state index in [2.05, 4.69) is 14.8 Å². The predicted octanol–water partition coefficient (Wildman–Crippen LogP) is 4.14. The highest BCUT2D eigenvalue weighted by Crippen LogP contribution is 2.41. The first-order valence-corrected chi connectivity index (χ1v) is 10.5. The smallest absolute Gasteiger partial charge is 0.429 e. The third-order valence-electron chi connectivity index (χ3n) is 5.48. The zero-order valence-corrected chi connectivity index (χ0v) is 19.2. The van der Waals surface area contributed by atoms with Gasteiger partial charge in [0, 0.05) is 31.9 Å². The van der Waals surface area contributed by atoms with Gasteiger partial charge in [0.1, 0.15) is 5.70 Å². The van der Waals surface area contributed by atoms with Gasteiger partial charge in [-0.3, -0.25) is 9.79 Å². The Bertz CT molecular complexity index is 1290. The third-order valence-corrected chi connectivity index (χ3v) is 5.48. The molecule has 37 heavy (non-hydrogen) atoms. The van der Waals surface area contributed by atoms with Crippen molar-refractivity contribution in [3.8, 4) is 17.2 Å². The van der Waals surface area contributed by atoms with E-state index in [-0.39, 0.29) is 22.7 Å². The van der Waals surface area contributed by atoms with Gasteiger partial charge in [0.05, 0.1) is 23.4 Å². The molecule has 1 aliphatic rings. The highest BCUT2D eigenvalue weighted by atomic mass is 19.4. The fourth-order valence-electron chi connectivity index (χ4n) is 3.33. The summed E-state index contributed by atoms with van der Waals surface area (Å²) < 4.78 is 96.6. The number of carbonyl (C=O) groups is 1. The average molecular weight is 532 g/mol. The van der Waals surface area contributed by atoms with E-state index < -0.39 is 41.9 Å². The van der Waals surface area contributed by atoms with E-state index in [0.29, 0.717) is 10.2 Å². The third kappa shape index (κ3) is 5.52. The van der Waals surface area contributed by atoms with Crippen LogP contribution in [0.25, 0.3) is 11.1 Å². The van der Waals surface area contributed by atoms with Crippen LogP contribution in [-0.4, -0.2) is 65.3 Å². The van der Waals surface area contributed by atoms with Crippen molar-refractivity contribution in [1.82, 2.24) is 14.7 Å². The summed E-state index contributed by atoms with van der Waals surface area (Å²) in [5.74, 6) is -8.83. The Kier molecular flexibility index (Phi) is 7.51. The molecule has 1 aromatic heterocycles. The molecule has 1 aromatic carbocycles. The predicted molar refractivity (Wildman–Crippen MR) is 116 cm³/mol. The minimum absolute atomic E-state index is 0.0501. The molecule has 1 amide bonds. The maximum Gasteiger partial charge on any atom is 0.459 e. The van der Waals surface area contributed by atoms with E-state index >= 15 is 0 Å². The second-order valence-electron chi connectivity index (χ2n) is 7.93. The maximum absolute atomic E-state index is 13.8. The summed E-state index contributed by atoms with van der Waals surface area (Å²) in [6.07, 6.45) is -2.38. The van der Waals surface area contributed by atoms with Crippen molar-refractivity contribution in [2.75, 3.05) is 14.1 Å². The van der Waals surface area contributed by atoms with E-state index in [1.165, 1.54) is 23.1 Å². The summed E-state index contributed by atoms with van der Waals surface area (Å²) in [6, 6.07) is 6.15. The van der Waals surface area contributed by atoms with Gasteiger partial charge < -0.3 is 15.4 Å². The Morgan fingerprint density at radius 3 is 2.43 bits per heavy atom. The van der Waals surface area contributed by atoms with Crippen LogP contribution >= 0.6 is 0 Å². The van der Waals surface area contributed by atoms with Crippen LogP contribution in [0.15, 0.2) is 47.0 Å². The monoisotopic (exact) mass is 532 g/mol. The molecule has 1 fully saturated rings. The van der Waals surface area contributed by atoms with Gasteiger partial charge >= 0.3 is 18.7 Å². The van der Waals surface area contributed by atoms with Crippen LogP contribution in [0.1, 0.15) is 28.8 Å². The second kappa shape index (κ2) is 10.1. The highest BCUT2D eigenvalue weighted by Gasteiger charge is 2.61. The average Bonchev–Trinajstić information content (AvgIpc) is 3.58. The number of aliphatic imine (C=N–C) groups is 1. The number of nitrogens with zero attached hydrogens (tertiary/aromatic N) is 5.